The van der Waals surface area contributed by atoms with Gasteiger partial charge in [0.05, 0.1) is 15.9 Å². The highest BCUT2D eigenvalue weighted by Crippen LogP contribution is 2.40. The van der Waals surface area contributed by atoms with Gasteiger partial charge in [-0.15, -0.1) is 11.3 Å². The molecule has 0 radical (unpaired) electrons. The van der Waals surface area contributed by atoms with E-state index in [-0.39, 0.29) is 0 Å². The second-order valence-electron chi connectivity index (χ2n) is 11.6. The third kappa shape index (κ3) is 5.52. The fourth-order valence-electron chi connectivity index (χ4n) is 5.94. The van der Waals surface area contributed by atoms with Gasteiger partial charge >= 0.3 is 0 Å². The van der Waals surface area contributed by atoms with Gasteiger partial charge in [0.25, 0.3) is 0 Å². The van der Waals surface area contributed by atoms with Crippen LogP contribution in [0.5, 0.6) is 0 Å². The fourth-order valence-corrected chi connectivity index (χ4v) is 7.02. The lowest BCUT2D eigenvalue weighted by atomic mass is 10.0. The summed E-state index contributed by atoms with van der Waals surface area (Å²) < 4.78 is 1.03. The number of thiophene rings is 1. The summed E-state index contributed by atoms with van der Waals surface area (Å²) in [6.45, 7) is 0. The van der Waals surface area contributed by atoms with E-state index < -0.39 is 0 Å². The first-order valence-corrected chi connectivity index (χ1v) is 16.8. The van der Waals surface area contributed by atoms with E-state index in [2.05, 4.69) is 42.5 Å². The normalized spacial score (nSPS) is 11.3. The van der Waals surface area contributed by atoms with Crippen LogP contribution in [-0.2, 0) is 0 Å². The molecule has 0 spiro atoms. The van der Waals surface area contributed by atoms with Gasteiger partial charge in [0.2, 0.25) is 0 Å². The Morgan fingerprint density at radius 2 is 0.796 bits per heavy atom. The highest BCUT2D eigenvalue weighted by molar-refractivity contribution is 7.25. The molecule has 0 bridgehead atoms. The number of rotatable bonds is 6. The minimum absolute atomic E-state index is 0.621. The monoisotopic (exact) mass is 646 g/mol. The molecule has 0 saturated carbocycles. The van der Waals surface area contributed by atoms with Gasteiger partial charge in [-0.05, 0) is 11.6 Å². The molecule has 0 aliphatic rings. The average Bonchev–Trinajstić information content (AvgIpc) is 3.57. The molecule has 5 aromatic carbocycles. The average molecular weight is 647 g/mol. The molecule has 7 heteroatoms. The van der Waals surface area contributed by atoms with Gasteiger partial charge in [0, 0.05) is 45.0 Å². The van der Waals surface area contributed by atoms with Crippen molar-refractivity contribution < 1.29 is 0 Å². The highest BCUT2D eigenvalue weighted by Gasteiger charge is 2.18. The number of fused-ring (bicyclic) bond motifs is 3. The van der Waals surface area contributed by atoms with Crippen LogP contribution in [0.15, 0.2) is 158 Å². The van der Waals surface area contributed by atoms with E-state index in [1.807, 2.05) is 115 Å². The van der Waals surface area contributed by atoms with Crippen LogP contribution in [0.25, 0.3) is 88.4 Å². The van der Waals surface area contributed by atoms with Gasteiger partial charge in [0.15, 0.2) is 23.3 Å². The smallest absolute Gasteiger partial charge is 0.164 e. The summed E-state index contributed by atoms with van der Waals surface area (Å²) in [5, 5.41) is 1.01. The zero-order chi connectivity index (χ0) is 32.6. The quantitative estimate of drug-likeness (QED) is 0.179. The Labute approximate surface area is 286 Å². The Bertz CT molecular complexity index is 2510. The lowest BCUT2D eigenvalue weighted by Crippen LogP contribution is -2.00. The molecule has 0 unspecified atom stereocenters. The van der Waals surface area contributed by atoms with Crippen LogP contribution in [0.2, 0.25) is 0 Å². The Morgan fingerprint density at radius 1 is 0.367 bits per heavy atom. The second-order valence-corrected chi connectivity index (χ2v) is 12.6. The molecule has 0 amide bonds. The summed E-state index contributed by atoms with van der Waals surface area (Å²) in [6.07, 6.45) is 1.93. The van der Waals surface area contributed by atoms with Crippen molar-refractivity contribution in [2.75, 3.05) is 0 Å². The van der Waals surface area contributed by atoms with Crippen LogP contribution in [0.3, 0.4) is 0 Å². The first-order chi connectivity index (χ1) is 24.3. The van der Waals surface area contributed by atoms with Gasteiger partial charge in [-0.2, -0.15) is 0 Å². The summed E-state index contributed by atoms with van der Waals surface area (Å²) in [6, 6.07) is 51.0. The fraction of sp³-hybridized carbons (Fsp3) is 0. The van der Waals surface area contributed by atoms with E-state index >= 15 is 0 Å². The minimum atomic E-state index is 0.621. The molecule has 4 aromatic heterocycles. The van der Waals surface area contributed by atoms with Crippen molar-refractivity contribution in [3.05, 3.63) is 158 Å². The first kappa shape index (κ1) is 28.8. The lowest BCUT2D eigenvalue weighted by molar-refractivity contribution is 1.07. The van der Waals surface area contributed by atoms with Crippen molar-refractivity contribution in [3.8, 4) is 67.9 Å². The molecular formula is C42H26N6S. The lowest BCUT2D eigenvalue weighted by Gasteiger charge is -2.09. The van der Waals surface area contributed by atoms with E-state index in [9.17, 15) is 0 Å². The van der Waals surface area contributed by atoms with Crippen molar-refractivity contribution in [1.29, 1.82) is 0 Å². The molecule has 9 aromatic rings. The van der Waals surface area contributed by atoms with Crippen LogP contribution in [0, 0.1) is 0 Å². The molecule has 0 aliphatic carbocycles. The first-order valence-electron chi connectivity index (χ1n) is 16.0. The number of aromatic nitrogens is 6. The summed E-state index contributed by atoms with van der Waals surface area (Å²) in [5.74, 6) is 2.59. The maximum absolute atomic E-state index is 5.11. The largest absolute Gasteiger partial charge is 0.245 e. The molecular weight excluding hydrogens is 621 g/mol. The molecule has 0 N–H and O–H groups in total. The van der Waals surface area contributed by atoms with Gasteiger partial charge in [0.1, 0.15) is 4.83 Å². The van der Waals surface area contributed by atoms with Crippen LogP contribution in [-0.4, -0.2) is 29.9 Å². The van der Waals surface area contributed by atoms with Crippen molar-refractivity contribution >= 4 is 31.8 Å². The van der Waals surface area contributed by atoms with Crippen molar-refractivity contribution in [2.45, 2.75) is 0 Å². The number of benzene rings is 5. The number of hydrogen-bond donors (Lipinski definition) is 0. The molecule has 6 nitrogen and oxygen atoms in total. The molecule has 4 heterocycles. The van der Waals surface area contributed by atoms with Gasteiger partial charge in [-0.25, -0.2) is 29.9 Å². The number of nitrogens with zero attached hydrogens (tertiary/aromatic N) is 6. The molecule has 0 aliphatic heterocycles. The van der Waals surface area contributed by atoms with E-state index in [1.165, 1.54) is 0 Å². The predicted octanol–water partition coefficient (Wildman–Crippen LogP) is 10.4. The summed E-state index contributed by atoms with van der Waals surface area (Å²) in [4.78, 5) is 30.6. The van der Waals surface area contributed by atoms with E-state index in [0.29, 0.717) is 23.3 Å². The van der Waals surface area contributed by atoms with Crippen LogP contribution in [0.1, 0.15) is 0 Å². The van der Waals surface area contributed by atoms with Crippen molar-refractivity contribution in [1.82, 2.24) is 29.9 Å². The van der Waals surface area contributed by atoms with E-state index in [1.54, 1.807) is 11.3 Å². The Hall–Kier alpha value is -6.44. The van der Waals surface area contributed by atoms with Crippen LogP contribution >= 0.6 is 11.3 Å². The highest BCUT2D eigenvalue weighted by atomic mass is 32.1. The molecule has 0 atom stereocenters. The molecule has 49 heavy (non-hydrogen) atoms. The van der Waals surface area contributed by atoms with E-state index in [0.717, 1.165) is 65.1 Å². The maximum atomic E-state index is 5.11. The zero-order valence-corrected chi connectivity index (χ0v) is 26.9. The Morgan fingerprint density at radius 3 is 1.31 bits per heavy atom. The molecule has 0 saturated heterocycles. The molecule has 230 valence electrons. The topological polar surface area (TPSA) is 77.3 Å². The van der Waals surface area contributed by atoms with Crippen molar-refractivity contribution in [3.63, 3.8) is 0 Å². The predicted molar refractivity (Wildman–Crippen MR) is 199 cm³/mol. The van der Waals surface area contributed by atoms with Gasteiger partial charge in [-0.3, -0.25) is 0 Å². The Kier molecular flexibility index (Phi) is 7.22. The summed E-state index contributed by atoms with van der Waals surface area (Å²) in [5.41, 5.74) is 8.69. The third-order valence-electron chi connectivity index (χ3n) is 8.43. The van der Waals surface area contributed by atoms with Crippen LogP contribution in [0.4, 0.5) is 0 Å². The standard InChI is InChI=1S/C42H26N6S/c1-5-13-28(14-6-1)35-37-36(45-38(44-35)29-15-7-2-8-16-29)34-25-33(26-43-42(34)49-37)27-21-23-32(24-22-27)41-47-39(30-17-9-3-10-18-30)46-40(48-41)31-19-11-4-12-20-31/h1-26H. The SMILES string of the molecule is c1ccc(-c2nc(-c3ccccc3)nc(-c3ccc(-c4cnc5sc6c(-c7ccccc7)nc(-c7ccccc7)nc6c5c4)cc3)n2)cc1. The van der Waals surface area contributed by atoms with Gasteiger partial charge in [-0.1, -0.05) is 146 Å². The van der Waals surface area contributed by atoms with Crippen molar-refractivity contribution in [2.24, 2.45) is 0 Å². The summed E-state index contributed by atoms with van der Waals surface area (Å²) in [7, 11) is 0. The van der Waals surface area contributed by atoms with Gasteiger partial charge < -0.3 is 0 Å². The minimum Gasteiger partial charge on any atom is -0.245 e. The zero-order valence-electron chi connectivity index (χ0n) is 26.1. The maximum Gasteiger partial charge on any atom is 0.164 e. The molecule has 0 fully saturated rings. The number of pyridine rings is 1. The number of hydrogen-bond acceptors (Lipinski definition) is 7. The summed E-state index contributed by atoms with van der Waals surface area (Å²) >= 11 is 1.63. The third-order valence-corrected chi connectivity index (χ3v) is 9.54. The van der Waals surface area contributed by atoms with E-state index in [4.69, 9.17) is 29.9 Å². The molecule has 9 rings (SSSR count). The Balaban J connectivity index is 1.14. The second kappa shape index (κ2) is 12.3. The van der Waals surface area contributed by atoms with Crippen LogP contribution < -0.4 is 0 Å².